The molecule has 0 rings (SSSR count). The monoisotopic (exact) mass is 212 g/mol. The zero-order chi connectivity index (χ0) is 11.5. The van der Waals surface area contributed by atoms with Gasteiger partial charge < -0.3 is 4.74 Å². The van der Waals surface area contributed by atoms with Crippen LogP contribution in [-0.2, 0) is 9.53 Å². The van der Waals surface area contributed by atoms with E-state index in [1.807, 2.05) is 6.92 Å². The summed E-state index contributed by atoms with van der Waals surface area (Å²) in [6, 6.07) is 0. The van der Waals surface area contributed by atoms with Crippen molar-refractivity contribution in [3.8, 4) is 0 Å². The molecular weight excluding hydrogens is 188 g/mol. The molecule has 1 unspecified atom stereocenters. The highest BCUT2D eigenvalue weighted by molar-refractivity contribution is 5.81. The molecule has 0 amide bonds. The molecule has 2 nitrogen and oxygen atoms in total. The molecule has 0 spiro atoms. The summed E-state index contributed by atoms with van der Waals surface area (Å²) in [4.78, 5) is 10.9. The quantitative estimate of drug-likeness (QED) is 0.329. The van der Waals surface area contributed by atoms with Crippen LogP contribution in [0.2, 0.25) is 0 Å². The van der Waals surface area contributed by atoms with Crippen molar-refractivity contribution in [2.75, 3.05) is 0 Å². The third-order valence-electron chi connectivity index (χ3n) is 2.45. The van der Waals surface area contributed by atoms with Crippen molar-refractivity contribution >= 4 is 5.97 Å². The van der Waals surface area contributed by atoms with Gasteiger partial charge in [0, 0.05) is 6.08 Å². The third kappa shape index (κ3) is 9.51. The topological polar surface area (TPSA) is 26.3 Å². The first-order valence-electron chi connectivity index (χ1n) is 6.03. The van der Waals surface area contributed by atoms with Gasteiger partial charge in [0.1, 0.15) is 0 Å². The summed E-state index contributed by atoms with van der Waals surface area (Å²) in [5, 5.41) is 0. The average molecular weight is 212 g/mol. The lowest BCUT2D eigenvalue weighted by molar-refractivity contribution is -0.142. The Morgan fingerprint density at radius 1 is 1.27 bits per heavy atom. The van der Waals surface area contributed by atoms with Crippen LogP contribution in [0.1, 0.15) is 58.8 Å². The molecular formula is C13H24O2. The van der Waals surface area contributed by atoms with Crippen LogP contribution in [0.3, 0.4) is 0 Å². The molecule has 0 N–H and O–H groups in total. The van der Waals surface area contributed by atoms with Crippen molar-refractivity contribution in [2.45, 2.75) is 64.9 Å². The van der Waals surface area contributed by atoms with Gasteiger partial charge in [0.15, 0.2) is 0 Å². The smallest absolute Gasteiger partial charge is 0.330 e. The highest BCUT2D eigenvalue weighted by Crippen LogP contribution is 2.10. The molecule has 1 atom stereocenters. The van der Waals surface area contributed by atoms with Crippen molar-refractivity contribution < 1.29 is 9.53 Å². The Morgan fingerprint density at radius 2 is 1.87 bits per heavy atom. The SMILES string of the molecule is C=CC(=O)OC(C)CCCCCCCC. The molecule has 15 heavy (non-hydrogen) atoms. The number of hydrogen-bond donors (Lipinski definition) is 0. The summed E-state index contributed by atoms with van der Waals surface area (Å²) >= 11 is 0. The van der Waals surface area contributed by atoms with Crippen LogP contribution in [0.4, 0.5) is 0 Å². The van der Waals surface area contributed by atoms with Crippen molar-refractivity contribution in [1.82, 2.24) is 0 Å². The van der Waals surface area contributed by atoms with Gasteiger partial charge in [-0.1, -0.05) is 45.6 Å². The summed E-state index contributed by atoms with van der Waals surface area (Å²) in [5.41, 5.74) is 0. The predicted molar refractivity (Wildman–Crippen MR) is 63.7 cm³/mol. The Morgan fingerprint density at radius 3 is 2.47 bits per heavy atom. The number of ether oxygens (including phenoxy) is 1. The lowest BCUT2D eigenvalue weighted by Gasteiger charge is -2.11. The highest BCUT2D eigenvalue weighted by Gasteiger charge is 2.05. The molecule has 0 bridgehead atoms. The van der Waals surface area contributed by atoms with E-state index in [-0.39, 0.29) is 12.1 Å². The first-order valence-corrected chi connectivity index (χ1v) is 6.03. The number of carbonyl (C=O) groups is 1. The lowest BCUT2D eigenvalue weighted by atomic mass is 10.1. The maximum Gasteiger partial charge on any atom is 0.330 e. The van der Waals surface area contributed by atoms with E-state index >= 15 is 0 Å². The van der Waals surface area contributed by atoms with Crippen LogP contribution in [0, 0.1) is 0 Å². The molecule has 0 aliphatic rings. The molecule has 2 heteroatoms. The molecule has 0 radical (unpaired) electrons. The van der Waals surface area contributed by atoms with E-state index in [1.165, 1.54) is 38.2 Å². The fourth-order valence-corrected chi connectivity index (χ4v) is 1.52. The Labute approximate surface area is 93.7 Å². The van der Waals surface area contributed by atoms with Crippen molar-refractivity contribution in [3.05, 3.63) is 12.7 Å². The van der Waals surface area contributed by atoms with Gasteiger partial charge in [0.05, 0.1) is 6.10 Å². The number of rotatable bonds is 9. The number of carbonyl (C=O) groups excluding carboxylic acids is 1. The van der Waals surface area contributed by atoms with Gasteiger partial charge in [-0.2, -0.15) is 0 Å². The van der Waals surface area contributed by atoms with Crippen LogP contribution in [-0.4, -0.2) is 12.1 Å². The predicted octanol–water partition coefficient (Wildman–Crippen LogP) is 3.85. The van der Waals surface area contributed by atoms with Gasteiger partial charge >= 0.3 is 5.97 Å². The van der Waals surface area contributed by atoms with Gasteiger partial charge in [-0.25, -0.2) is 4.79 Å². The zero-order valence-corrected chi connectivity index (χ0v) is 10.1. The van der Waals surface area contributed by atoms with E-state index < -0.39 is 0 Å². The second-order valence-electron chi connectivity index (χ2n) is 4.01. The molecule has 0 aromatic rings. The van der Waals surface area contributed by atoms with Crippen LogP contribution < -0.4 is 0 Å². The molecule has 0 aliphatic carbocycles. The Balaban J connectivity index is 3.27. The Hall–Kier alpha value is -0.790. The summed E-state index contributed by atoms with van der Waals surface area (Å²) in [6.45, 7) is 7.53. The van der Waals surface area contributed by atoms with Crippen molar-refractivity contribution in [3.63, 3.8) is 0 Å². The van der Waals surface area contributed by atoms with Gasteiger partial charge in [-0.05, 0) is 19.8 Å². The van der Waals surface area contributed by atoms with E-state index in [0.717, 1.165) is 12.8 Å². The van der Waals surface area contributed by atoms with Gasteiger partial charge in [0.2, 0.25) is 0 Å². The Kier molecular flexibility index (Phi) is 9.24. The maximum atomic E-state index is 10.9. The first-order chi connectivity index (χ1) is 7.20. The maximum absolute atomic E-state index is 10.9. The summed E-state index contributed by atoms with van der Waals surface area (Å²) in [6.07, 6.45) is 9.86. The molecule has 88 valence electrons. The highest BCUT2D eigenvalue weighted by atomic mass is 16.5. The number of unbranched alkanes of at least 4 members (excludes halogenated alkanes) is 5. The molecule has 0 aromatic heterocycles. The third-order valence-corrected chi connectivity index (χ3v) is 2.45. The molecule has 0 aliphatic heterocycles. The van der Waals surface area contributed by atoms with Gasteiger partial charge in [-0.15, -0.1) is 0 Å². The second kappa shape index (κ2) is 9.75. The number of esters is 1. The first kappa shape index (κ1) is 14.2. The fraction of sp³-hybridized carbons (Fsp3) is 0.769. The minimum absolute atomic E-state index is 0.0293. The number of hydrogen-bond acceptors (Lipinski definition) is 2. The van der Waals surface area contributed by atoms with E-state index in [2.05, 4.69) is 13.5 Å². The largest absolute Gasteiger partial charge is 0.460 e. The minimum Gasteiger partial charge on any atom is -0.460 e. The molecule has 0 saturated heterocycles. The van der Waals surface area contributed by atoms with E-state index in [1.54, 1.807) is 0 Å². The molecule has 0 aromatic carbocycles. The molecule has 0 heterocycles. The van der Waals surface area contributed by atoms with E-state index in [9.17, 15) is 4.79 Å². The minimum atomic E-state index is -0.312. The average Bonchev–Trinajstić information content (AvgIpc) is 2.23. The standard InChI is InChI=1S/C13H24O2/c1-4-6-7-8-9-10-11-12(3)15-13(14)5-2/h5,12H,2,4,6-11H2,1,3H3. The molecule has 0 fully saturated rings. The Bertz CT molecular complexity index is 175. The van der Waals surface area contributed by atoms with Crippen molar-refractivity contribution in [1.29, 1.82) is 0 Å². The van der Waals surface area contributed by atoms with Gasteiger partial charge in [-0.3, -0.25) is 0 Å². The second-order valence-corrected chi connectivity index (χ2v) is 4.01. The van der Waals surface area contributed by atoms with Crippen molar-refractivity contribution in [2.24, 2.45) is 0 Å². The molecule has 0 saturated carbocycles. The lowest BCUT2D eigenvalue weighted by Crippen LogP contribution is -2.12. The van der Waals surface area contributed by atoms with Crippen LogP contribution in [0.25, 0.3) is 0 Å². The van der Waals surface area contributed by atoms with E-state index in [4.69, 9.17) is 4.74 Å². The van der Waals surface area contributed by atoms with E-state index in [0.29, 0.717) is 0 Å². The van der Waals surface area contributed by atoms with Gasteiger partial charge in [0.25, 0.3) is 0 Å². The fourth-order valence-electron chi connectivity index (χ4n) is 1.52. The normalized spacial score (nSPS) is 12.1. The van der Waals surface area contributed by atoms with Crippen LogP contribution in [0.15, 0.2) is 12.7 Å². The summed E-state index contributed by atoms with van der Waals surface area (Å²) in [5.74, 6) is -0.312. The van der Waals surface area contributed by atoms with Crippen LogP contribution in [0.5, 0.6) is 0 Å². The summed E-state index contributed by atoms with van der Waals surface area (Å²) in [7, 11) is 0. The zero-order valence-electron chi connectivity index (χ0n) is 10.1. The summed E-state index contributed by atoms with van der Waals surface area (Å²) < 4.78 is 5.07. The van der Waals surface area contributed by atoms with Crippen LogP contribution >= 0.6 is 0 Å².